The van der Waals surface area contributed by atoms with Crippen LogP contribution in [0.5, 0.6) is 0 Å². The van der Waals surface area contributed by atoms with Crippen LogP contribution < -0.4 is 5.32 Å². The molecule has 0 spiro atoms. The lowest BCUT2D eigenvalue weighted by Gasteiger charge is -2.31. The van der Waals surface area contributed by atoms with Crippen molar-refractivity contribution in [2.75, 3.05) is 19.6 Å². The van der Waals surface area contributed by atoms with Crippen molar-refractivity contribution in [1.82, 2.24) is 10.2 Å². The molecule has 0 aromatic heterocycles. The molecular weight excluding hydrogens is 305 g/mol. The number of piperazine rings is 1. The summed E-state index contributed by atoms with van der Waals surface area (Å²) in [5.41, 5.74) is -0.160. The number of amides is 1. The van der Waals surface area contributed by atoms with Crippen molar-refractivity contribution in [3.63, 3.8) is 0 Å². The van der Waals surface area contributed by atoms with Crippen LogP contribution in [0, 0.1) is 10.1 Å². The van der Waals surface area contributed by atoms with Gasteiger partial charge in [-0.3, -0.25) is 14.9 Å². The number of nitro groups is 1. The second-order valence-electron chi connectivity index (χ2n) is 4.52. The van der Waals surface area contributed by atoms with Crippen molar-refractivity contribution in [1.29, 1.82) is 0 Å². The molecule has 2 rings (SSSR count). The highest BCUT2D eigenvalue weighted by Gasteiger charge is 2.27. The Morgan fingerprint density at radius 2 is 2.25 bits per heavy atom. The van der Waals surface area contributed by atoms with Crippen LogP contribution in [0.2, 0.25) is 5.02 Å². The molecule has 1 N–H and O–H groups in total. The molecule has 20 heavy (non-hydrogen) atoms. The number of nitro benzene ring substituents is 1. The zero-order chi connectivity index (χ0) is 14.0. The van der Waals surface area contributed by atoms with Gasteiger partial charge in [0.05, 0.1) is 4.92 Å². The van der Waals surface area contributed by atoms with Crippen molar-refractivity contribution in [3.05, 3.63) is 38.9 Å². The average Bonchev–Trinajstić information content (AvgIpc) is 2.37. The molecule has 1 aromatic rings. The fourth-order valence-corrected chi connectivity index (χ4v) is 2.30. The molecule has 8 heteroatoms. The zero-order valence-corrected chi connectivity index (χ0v) is 12.4. The fourth-order valence-electron chi connectivity index (χ4n) is 2.13. The van der Waals surface area contributed by atoms with Crippen LogP contribution in [0.15, 0.2) is 18.2 Å². The van der Waals surface area contributed by atoms with Gasteiger partial charge in [0.15, 0.2) is 0 Å². The summed E-state index contributed by atoms with van der Waals surface area (Å²) in [6.07, 6.45) is 0. The number of halogens is 2. The van der Waals surface area contributed by atoms with Crippen molar-refractivity contribution >= 4 is 35.6 Å². The van der Waals surface area contributed by atoms with Gasteiger partial charge in [-0.15, -0.1) is 12.4 Å². The molecule has 1 atom stereocenters. The van der Waals surface area contributed by atoms with E-state index in [1.807, 2.05) is 6.92 Å². The first-order chi connectivity index (χ1) is 8.99. The highest BCUT2D eigenvalue weighted by Crippen LogP contribution is 2.24. The number of rotatable bonds is 2. The van der Waals surface area contributed by atoms with Crippen molar-refractivity contribution in [2.24, 2.45) is 0 Å². The Hall–Kier alpha value is -1.37. The van der Waals surface area contributed by atoms with Crippen LogP contribution in [-0.4, -0.2) is 41.4 Å². The van der Waals surface area contributed by atoms with Gasteiger partial charge in [-0.25, -0.2) is 0 Å². The highest BCUT2D eigenvalue weighted by molar-refractivity contribution is 6.31. The SMILES string of the molecule is C[C@@H]1CN(C(=O)c2cc(Cl)ccc2[N+](=O)[O-])CCN1.Cl. The summed E-state index contributed by atoms with van der Waals surface area (Å²) in [6.45, 7) is 3.71. The third-order valence-electron chi connectivity index (χ3n) is 3.04. The van der Waals surface area contributed by atoms with Gasteiger partial charge in [0, 0.05) is 36.8 Å². The highest BCUT2D eigenvalue weighted by atomic mass is 35.5. The lowest BCUT2D eigenvalue weighted by Crippen LogP contribution is -2.51. The van der Waals surface area contributed by atoms with Crippen LogP contribution in [0.3, 0.4) is 0 Å². The Bertz CT molecular complexity index is 525. The molecule has 110 valence electrons. The molecule has 1 fully saturated rings. The Morgan fingerprint density at radius 3 is 2.85 bits per heavy atom. The monoisotopic (exact) mass is 319 g/mol. The Morgan fingerprint density at radius 1 is 1.55 bits per heavy atom. The van der Waals surface area contributed by atoms with Gasteiger partial charge in [-0.1, -0.05) is 11.6 Å². The third kappa shape index (κ3) is 3.59. The molecule has 0 bridgehead atoms. The van der Waals surface area contributed by atoms with Gasteiger partial charge in [0.1, 0.15) is 5.56 Å². The number of benzene rings is 1. The maximum absolute atomic E-state index is 12.4. The van der Waals surface area contributed by atoms with Gasteiger partial charge in [0.25, 0.3) is 11.6 Å². The van der Waals surface area contributed by atoms with E-state index in [-0.39, 0.29) is 35.6 Å². The van der Waals surface area contributed by atoms with E-state index in [9.17, 15) is 14.9 Å². The maximum atomic E-state index is 12.4. The number of nitrogens with one attached hydrogen (secondary N) is 1. The quantitative estimate of drug-likeness (QED) is 0.669. The van der Waals surface area contributed by atoms with E-state index in [2.05, 4.69) is 5.32 Å². The normalized spacial score (nSPS) is 18.3. The molecule has 1 aromatic carbocycles. The number of carbonyl (C=O) groups is 1. The second kappa shape index (κ2) is 6.88. The lowest BCUT2D eigenvalue weighted by molar-refractivity contribution is -0.385. The Kier molecular flexibility index (Phi) is 5.74. The number of nitrogens with zero attached hydrogens (tertiary/aromatic N) is 2. The minimum Gasteiger partial charge on any atom is -0.336 e. The van der Waals surface area contributed by atoms with Crippen molar-refractivity contribution < 1.29 is 9.72 Å². The van der Waals surface area contributed by atoms with Crippen molar-refractivity contribution in [3.8, 4) is 0 Å². The standard InChI is InChI=1S/C12H14ClN3O3.ClH/c1-8-7-15(5-4-14-8)12(17)10-6-9(13)2-3-11(10)16(18)19;/h2-3,6,8,14H,4-5,7H2,1H3;1H/t8-;/m1./s1. The summed E-state index contributed by atoms with van der Waals surface area (Å²) in [4.78, 5) is 24.4. The largest absolute Gasteiger partial charge is 0.336 e. The molecule has 1 heterocycles. The second-order valence-corrected chi connectivity index (χ2v) is 4.96. The number of hydrogen-bond acceptors (Lipinski definition) is 4. The van der Waals surface area contributed by atoms with E-state index in [0.29, 0.717) is 24.7 Å². The Balaban J connectivity index is 0.00000200. The minimum absolute atomic E-state index is 0. The molecule has 0 radical (unpaired) electrons. The van der Waals surface area contributed by atoms with E-state index in [1.165, 1.54) is 18.2 Å². The number of hydrogen-bond donors (Lipinski definition) is 1. The summed E-state index contributed by atoms with van der Waals surface area (Å²) in [5.74, 6) is -0.345. The molecular formula is C12H15Cl2N3O3. The smallest absolute Gasteiger partial charge is 0.282 e. The van der Waals surface area contributed by atoms with E-state index in [4.69, 9.17) is 11.6 Å². The molecule has 0 unspecified atom stereocenters. The first-order valence-electron chi connectivity index (χ1n) is 5.95. The molecule has 0 aliphatic carbocycles. The summed E-state index contributed by atoms with van der Waals surface area (Å²) in [6, 6.07) is 4.21. The van der Waals surface area contributed by atoms with Gasteiger partial charge in [-0.05, 0) is 19.1 Å². The number of carbonyl (C=O) groups excluding carboxylic acids is 1. The van der Waals surface area contributed by atoms with Gasteiger partial charge >= 0.3 is 0 Å². The molecule has 6 nitrogen and oxygen atoms in total. The predicted octanol–water partition coefficient (Wildman–Crippen LogP) is 2.10. The predicted molar refractivity (Wildman–Crippen MR) is 78.7 cm³/mol. The van der Waals surface area contributed by atoms with Crippen LogP contribution in [0.1, 0.15) is 17.3 Å². The van der Waals surface area contributed by atoms with E-state index < -0.39 is 4.92 Å². The summed E-state index contributed by atoms with van der Waals surface area (Å²) in [5, 5.41) is 14.5. The van der Waals surface area contributed by atoms with Crippen LogP contribution in [-0.2, 0) is 0 Å². The first-order valence-corrected chi connectivity index (χ1v) is 6.33. The van der Waals surface area contributed by atoms with E-state index in [0.717, 1.165) is 0 Å². The topological polar surface area (TPSA) is 75.5 Å². The summed E-state index contributed by atoms with van der Waals surface area (Å²) < 4.78 is 0. The van der Waals surface area contributed by atoms with E-state index >= 15 is 0 Å². The molecule has 0 saturated carbocycles. The first kappa shape index (κ1) is 16.7. The average molecular weight is 320 g/mol. The maximum Gasteiger partial charge on any atom is 0.282 e. The molecule has 1 amide bonds. The van der Waals surface area contributed by atoms with Crippen LogP contribution in [0.4, 0.5) is 5.69 Å². The zero-order valence-electron chi connectivity index (χ0n) is 10.8. The fraction of sp³-hybridized carbons (Fsp3) is 0.417. The summed E-state index contributed by atoms with van der Waals surface area (Å²) >= 11 is 5.83. The third-order valence-corrected chi connectivity index (χ3v) is 3.28. The van der Waals surface area contributed by atoms with Crippen LogP contribution in [0.25, 0.3) is 0 Å². The molecule has 1 aliphatic heterocycles. The van der Waals surface area contributed by atoms with Crippen molar-refractivity contribution in [2.45, 2.75) is 13.0 Å². The molecule has 1 aliphatic rings. The minimum atomic E-state index is -0.560. The van der Waals surface area contributed by atoms with Gasteiger partial charge in [0.2, 0.25) is 0 Å². The van der Waals surface area contributed by atoms with Crippen LogP contribution >= 0.6 is 24.0 Å². The van der Waals surface area contributed by atoms with Gasteiger partial charge in [-0.2, -0.15) is 0 Å². The summed E-state index contributed by atoms with van der Waals surface area (Å²) in [7, 11) is 0. The Labute approximate surface area is 127 Å². The molecule has 1 saturated heterocycles. The van der Waals surface area contributed by atoms with Gasteiger partial charge < -0.3 is 10.2 Å². The van der Waals surface area contributed by atoms with E-state index in [1.54, 1.807) is 4.90 Å². The lowest BCUT2D eigenvalue weighted by atomic mass is 10.1.